The van der Waals surface area contributed by atoms with E-state index < -0.39 is 0 Å². The molecule has 2 aromatic rings. The summed E-state index contributed by atoms with van der Waals surface area (Å²) in [5.74, 6) is 2.00. The summed E-state index contributed by atoms with van der Waals surface area (Å²) < 4.78 is 0. The van der Waals surface area contributed by atoms with Crippen molar-refractivity contribution in [1.82, 2.24) is 20.5 Å². The number of hydrogen-bond donors (Lipinski definition) is 2. The molecule has 0 aliphatic carbocycles. The van der Waals surface area contributed by atoms with Crippen molar-refractivity contribution in [2.75, 3.05) is 38.6 Å². The fourth-order valence-corrected chi connectivity index (χ4v) is 3.99. The molecule has 0 spiro atoms. The highest BCUT2D eigenvalue weighted by Gasteiger charge is 2.21. The second kappa shape index (κ2) is 13.6. The maximum atomic E-state index is 4.66. The Morgan fingerprint density at radius 3 is 2.53 bits per heavy atom. The van der Waals surface area contributed by atoms with Crippen LogP contribution < -0.4 is 15.5 Å². The summed E-state index contributed by atoms with van der Waals surface area (Å²) >= 11 is 0. The van der Waals surface area contributed by atoms with Crippen LogP contribution in [0.2, 0.25) is 0 Å². The molecule has 1 aromatic heterocycles. The van der Waals surface area contributed by atoms with Crippen LogP contribution in [-0.2, 0) is 6.54 Å². The Hall–Kier alpha value is -1.87. The van der Waals surface area contributed by atoms with Gasteiger partial charge < -0.3 is 15.5 Å². The van der Waals surface area contributed by atoms with Crippen molar-refractivity contribution >= 4 is 35.8 Å². The van der Waals surface area contributed by atoms with Crippen LogP contribution in [0.1, 0.15) is 37.4 Å². The number of nitrogens with one attached hydrogen (secondary N) is 2. The molecule has 0 bridgehead atoms. The number of anilines is 1. The maximum Gasteiger partial charge on any atom is 0.191 e. The first-order chi connectivity index (χ1) is 15.0. The van der Waals surface area contributed by atoms with E-state index in [0.29, 0.717) is 12.1 Å². The molecule has 1 aromatic carbocycles. The zero-order chi connectivity index (χ0) is 22.1. The Balaban J connectivity index is 0.00000363. The Morgan fingerprint density at radius 1 is 1.16 bits per heavy atom. The van der Waals surface area contributed by atoms with E-state index in [1.807, 2.05) is 20.0 Å². The van der Waals surface area contributed by atoms with Crippen molar-refractivity contribution in [2.24, 2.45) is 4.99 Å². The number of guanidine groups is 1. The number of piperidine rings is 1. The fraction of sp³-hybridized carbons (Fsp3) is 0.520. The molecule has 176 valence electrons. The molecule has 1 aliphatic rings. The summed E-state index contributed by atoms with van der Waals surface area (Å²) in [6.07, 6.45) is 3.25. The first-order valence-electron chi connectivity index (χ1n) is 11.4. The van der Waals surface area contributed by atoms with Gasteiger partial charge in [-0.3, -0.25) is 9.89 Å². The molecule has 6 nitrogen and oxygen atoms in total. The van der Waals surface area contributed by atoms with Crippen LogP contribution in [0.15, 0.2) is 53.5 Å². The minimum atomic E-state index is 0. The van der Waals surface area contributed by atoms with Gasteiger partial charge >= 0.3 is 0 Å². The predicted octanol–water partition coefficient (Wildman–Crippen LogP) is 4.05. The molecule has 32 heavy (non-hydrogen) atoms. The van der Waals surface area contributed by atoms with Crippen LogP contribution >= 0.6 is 24.0 Å². The van der Waals surface area contributed by atoms with Crippen molar-refractivity contribution in [3.8, 4) is 0 Å². The summed E-state index contributed by atoms with van der Waals surface area (Å²) in [7, 11) is 4.05. The van der Waals surface area contributed by atoms with Crippen LogP contribution in [0.25, 0.3) is 0 Å². The lowest BCUT2D eigenvalue weighted by atomic mass is 10.1. The van der Waals surface area contributed by atoms with Crippen molar-refractivity contribution in [3.63, 3.8) is 0 Å². The monoisotopic (exact) mass is 550 g/mol. The lowest BCUT2D eigenvalue weighted by Gasteiger charge is -2.34. The SMILES string of the molecule is CN=C(NCCC(C)N(C)Cc1ccccc1)NC1CCN(c2cccc(C)n2)CC1.I. The van der Waals surface area contributed by atoms with Gasteiger partial charge in [0.2, 0.25) is 0 Å². The summed E-state index contributed by atoms with van der Waals surface area (Å²) in [5.41, 5.74) is 2.43. The van der Waals surface area contributed by atoms with Gasteiger partial charge in [0, 0.05) is 51.0 Å². The Bertz CT molecular complexity index is 820. The number of pyridine rings is 1. The Morgan fingerprint density at radius 2 is 1.88 bits per heavy atom. The molecule has 1 fully saturated rings. The zero-order valence-corrected chi connectivity index (χ0v) is 22.3. The highest BCUT2D eigenvalue weighted by Crippen LogP contribution is 2.18. The molecule has 2 N–H and O–H groups in total. The van der Waals surface area contributed by atoms with E-state index in [1.54, 1.807) is 0 Å². The Labute approximate surface area is 210 Å². The standard InChI is InChI=1S/C25H38N6.HI/c1-20-9-8-12-24(28-20)31-17-14-23(15-18-31)29-25(26-3)27-16-13-21(2)30(4)19-22-10-6-5-7-11-22;/h5-12,21,23H,13-19H2,1-4H3,(H2,26,27,29);1H. The third-order valence-corrected chi connectivity index (χ3v) is 6.14. The van der Waals surface area contributed by atoms with Gasteiger partial charge in [-0.25, -0.2) is 4.98 Å². The highest BCUT2D eigenvalue weighted by atomic mass is 127. The van der Waals surface area contributed by atoms with Gasteiger partial charge in [-0.1, -0.05) is 36.4 Å². The molecular weight excluding hydrogens is 511 g/mol. The average molecular weight is 551 g/mol. The van der Waals surface area contributed by atoms with Crippen LogP contribution in [-0.4, -0.2) is 61.7 Å². The normalized spacial score (nSPS) is 15.9. The molecule has 1 saturated heterocycles. The number of halogens is 1. The highest BCUT2D eigenvalue weighted by molar-refractivity contribution is 14.0. The average Bonchev–Trinajstić information content (AvgIpc) is 2.79. The summed E-state index contributed by atoms with van der Waals surface area (Å²) in [6.45, 7) is 8.26. The molecular formula is C25H39IN6. The van der Waals surface area contributed by atoms with Gasteiger partial charge in [0.25, 0.3) is 0 Å². The van der Waals surface area contributed by atoms with E-state index in [4.69, 9.17) is 0 Å². The molecule has 0 amide bonds. The van der Waals surface area contributed by atoms with Crippen LogP contribution in [0, 0.1) is 6.92 Å². The second-order valence-electron chi connectivity index (χ2n) is 8.58. The van der Waals surface area contributed by atoms with E-state index in [0.717, 1.165) is 62.9 Å². The molecule has 1 unspecified atom stereocenters. The van der Waals surface area contributed by atoms with E-state index >= 15 is 0 Å². The lowest BCUT2D eigenvalue weighted by Crippen LogP contribution is -2.49. The lowest BCUT2D eigenvalue weighted by molar-refractivity contribution is 0.238. The minimum absolute atomic E-state index is 0. The van der Waals surface area contributed by atoms with Crippen molar-refractivity contribution in [2.45, 2.75) is 51.7 Å². The topological polar surface area (TPSA) is 55.8 Å². The van der Waals surface area contributed by atoms with Gasteiger partial charge in [-0.05, 0) is 57.9 Å². The number of nitrogens with zero attached hydrogens (tertiary/aromatic N) is 4. The molecule has 0 radical (unpaired) electrons. The summed E-state index contributed by atoms with van der Waals surface area (Å²) in [4.78, 5) is 13.9. The number of hydrogen-bond acceptors (Lipinski definition) is 4. The predicted molar refractivity (Wildman–Crippen MR) is 146 cm³/mol. The third kappa shape index (κ3) is 8.24. The second-order valence-corrected chi connectivity index (χ2v) is 8.58. The summed E-state index contributed by atoms with van der Waals surface area (Å²) in [6, 6.07) is 17.8. The van der Waals surface area contributed by atoms with Gasteiger partial charge in [-0.2, -0.15) is 0 Å². The van der Waals surface area contributed by atoms with Gasteiger partial charge in [-0.15, -0.1) is 24.0 Å². The zero-order valence-electron chi connectivity index (χ0n) is 19.9. The molecule has 2 heterocycles. The van der Waals surface area contributed by atoms with Crippen molar-refractivity contribution < 1.29 is 0 Å². The number of aromatic nitrogens is 1. The molecule has 3 rings (SSSR count). The molecule has 1 atom stereocenters. The molecule has 1 aliphatic heterocycles. The van der Waals surface area contributed by atoms with Gasteiger partial charge in [0.05, 0.1) is 0 Å². The summed E-state index contributed by atoms with van der Waals surface area (Å²) in [5, 5.41) is 7.11. The van der Waals surface area contributed by atoms with Crippen molar-refractivity contribution in [3.05, 3.63) is 59.8 Å². The van der Waals surface area contributed by atoms with Crippen LogP contribution in [0.3, 0.4) is 0 Å². The minimum Gasteiger partial charge on any atom is -0.356 e. The third-order valence-electron chi connectivity index (χ3n) is 6.14. The van der Waals surface area contributed by atoms with E-state index in [-0.39, 0.29) is 24.0 Å². The smallest absolute Gasteiger partial charge is 0.191 e. The molecule has 7 heteroatoms. The first-order valence-corrected chi connectivity index (χ1v) is 11.4. The van der Waals surface area contributed by atoms with Gasteiger partial charge in [0.1, 0.15) is 5.82 Å². The van der Waals surface area contributed by atoms with Crippen LogP contribution in [0.5, 0.6) is 0 Å². The van der Waals surface area contributed by atoms with E-state index in [2.05, 4.69) is 86.8 Å². The van der Waals surface area contributed by atoms with Gasteiger partial charge in [0.15, 0.2) is 5.96 Å². The first kappa shape index (κ1) is 26.4. The van der Waals surface area contributed by atoms with E-state index in [1.165, 1.54) is 5.56 Å². The van der Waals surface area contributed by atoms with Crippen molar-refractivity contribution in [1.29, 1.82) is 0 Å². The number of rotatable bonds is 8. The number of aryl methyl sites for hydroxylation is 1. The number of aliphatic imine (C=N–C) groups is 1. The number of benzene rings is 1. The maximum absolute atomic E-state index is 4.66. The quantitative estimate of drug-likeness (QED) is 0.295. The largest absolute Gasteiger partial charge is 0.356 e. The van der Waals surface area contributed by atoms with E-state index in [9.17, 15) is 0 Å². The Kier molecular flexibility index (Phi) is 11.2. The fourth-order valence-electron chi connectivity index (χ4n) is 3.99. The molecule has 0 saturated carbocycles. The van der Waals surface area contributed by atoms with Crippen LogP contribution in [0.4, 0.5) is 5.82 Å².